The molecule has 0 aliphatic carbocycles. The molecular formula is C13H21N3O2. The fourth-order valence-corrected chi connectivity index (χ4v) is 1.75. The minimum absolute atomic E-state index is 0.157. The molecule has 0 aliphatic rings. The molecule has 0 aliphatic heterocycles. The van der Waals surface area contributed by atoms with Crippen LogP contribution in [0.1, 0.15) is 32.3 Å². The molecule has 5 heteroatoms. The van der Waals surface area contributed by atoms with Gasteiger partial charge in [-0.25, -0.2) is 4.98 Å². The van der Waals surface area contributed by atoms with Crippen LogP contribution in [0.25, 0.3) is 0 Å². The zero-order valence-electron chi connectivity index (χ0n) is 11.2. The van der Waals surface area contributed by atoms with Gasteiger partial charge in [-0.1, -0.05) is 19.4 Å². The van der Waals surface area contributed by atoms with Gasteiger partial charge in [0, 0.05) is 18.3 Å². The van der Waals surface area contributed by atoms with Gasteiger partial charge >= 0.3 is 0 Å². The van der Waals surface area contributed by atoms with Gasteiger partial charge in [0.2, 0.25) is 11.8 Å². The Labute approximate surface area is 108 Å². The van der Waals surface area contributed by atoms with Crippen molar-refractivity contribution in [2.45, 2.75) is 38.8 Å². The Kier molecular flexibility index (Phi) is 5.09. The van der Waals surface area contributed by atoms with E-state index in [0.29, 0.717) is 18.8 Å². The van der Waals surface area contributed by atoms with Crippen LogP contribution < -0.4 is 15.8 Å². The van der Waals surface area contributed by atoms with Crippen LogP contribution in [0, 0.1) is 0 Å². The largest absolute Gasteiger partial charge is 0.481 e. The second kappa shape index (κ2) is 6.35. The Morgan fingerprint density at radius 3 is 2.94 bits per heavy atom. The van der Waals surface area contributed by atoms with E-state index in [9.17, 15) is 4.79 Å². The number of nitrogens with one attached hydrogen (secondary N) is 1. The number of carbonyl (C=O) groups excluding carboxylic acids is 1. The van der Waals surface area contributed by atoms with Crippen LogP contribution in [0.5, 0.6) is 5.88 Å². The van der Waals surface area contributed by atoms with Crippen molar-refractivity contribution in [2.24, 2.45) is 5.73 Å². The lowest BCUT2D eigenvalue weighted by atomic mass is 9.96. The minimum atomic E-state index is -0.829. The average molecular weight is 251 g/mol. The average Bonchev–Trinajstić information content (AvgIpc) is 2.36. The number of nitrogens with two attached hydrogens (primary N) is 1. The zero-order valence-corrected chi connectivity index (χ0v) is 11.2. The number of methoxy groups -OCH3 is 1. The van der Waals surface area contributed by atoms with Gasteiger partial charge in [0.25, 0.3) is 0 Å². The molecule has 3 N–H and O–H groups in total. The Hall–Kier alpha value is -1.62. The van der Waals surface area contributed by atoms with E-state index in [1.165, 1.54) is 0 Å². The van der Waals surface area contributed by atoms with E-state index in [1.54, 1.807) is 26.3 Å². The zero-order chi connectivity index (χ0) is 13.6. The lowest BCUT2D eigenvalue weighted by molar-refractivity contribution is -0.126. The summed E-state index contributed by atoms with van der Waals surface area (Å²) in [5, 5.41) is 2.81. The molecule has 1 rings (SSSR count). The molecule has 0 bridgehead atoms. The highest BCUT2D eigenvalue weighted by Crippen LogP contribution is 2.14. The van der Waals surface area contributed by atoms with E-state index >= 15 is 0 Å². The summed E-state index contributed by atoms with van der Waals surface area (Å²) in [7, 11) is 1.55. The smallest absolute Gasteiger partial charge is 0.240 e. The first-order valence-electron chi connectivity index (χ1n) is 6.06. The molecule has 0 radical (unpaired) electrons. The summed E-state index contributed by atoms with van der Waals surface area (Å²) in [5.41, 5.74) is 5.95. The van der Waals surface area contributed by atoms with Gasteiger partial charge in [0.05, 0.1) is 12.6 Å². The number of pyridine rings is 1. The van der Waals surface area contributed by atoms with Gasteiger partial charge in [0.1, 0.15) is 0 Å². The van der Waals surface area contributed by atoms with Crippen molar-refractivity contribution in [3.63, 3.8) is 0 Å². The van der Waals surface area contributed by atoms with Crippen molar-refractivity contribution >= 4 is 5.91 Å². The maximum atomic E-state index is 11.9. The number of rotatable bonds is 6. The third-order valence-electron chi connectivity index (χ3n) is 2.77. The molecule has 5 nitrogen and oxygen atoms in total. The fraction of sp³-hybridized carbons (Fsp3) is 0.538. The van der Waals surface area contributed by atoms with E-state index in [0.717, 1.165) is 12.0 Å². The molecule has 0 saturated carbocycles. The Morgan fingerprint density at radius 1 is 1.61 bits per heavy atom. The molecule has 1 aromatic heterocycles. The SMILES string of the molecule is CCCC(C)(N)C(=O)NCc1cccnc1OC. The van der Waals surface area contributed by atoms with Crippen LogP contribution in [0.4, 0.5) is 0 Å². The monoisotopic (exact) mass is 251 g/mol. The van der Waals surface area contributed by atoms with Gasteiger partial charge in [-0.3, -0.25) is 4.79 Å². The standard InChI is InChI=1S/C13H21N3O2/c1-4-7-13(2,14)12(17)16-9-10-6-5-8-15-11(10)18-3/h5-6,8H,4,7,9,14H2,1-3H3,(H,16,17). The first-order chi connectivity index (χ1) is 8.51. The fourth-order valence-electron chi connectivity index (χ4n) is 1.75. The molecule has 1 aromatic rings. The van der Waals surface area contributed by atoms with Crippen molar-refractivity contribution < 1.29 is 9.53 Å². The first kappa shape index (κ1) is 14.4. The molecule has 0 aromatic carbocycles. The Balaban J connectivity index is 2.62. The van der Waals surface area contributed by atoms with Crippen LogP contribution in [0.2, 0.25) is 0 Å². The summed E-state index contributed by atoms with van der Waals surface area (Å²) in [4.78, 5) is 16.0. The molecule has 0 spiro atoms. The lowest BCUT2D eigenvalue weighted by Gasteiger charge is -2.23. The third-order valence-corrected chi connectivity index (χ3v) is 2.77. The maximum absolute atomic E-state index is 11.9. The second-order valence-electron chi connectivity index (χ2n) is 4.52. The summed E-state index contributed by atoms with van der Waals surface area (Å²) >= 11 is 0. The van der Waals surface area contributed by atoms with Crippen molar-refractivity contribution in [3.8, 4) is 5.88 Å². The molecule has 1 amide bonds. The summed E-state index contributed by atoms with van der Waals surface area (Å²) in [5.74, 6) is 0.363. The van der Waals surface area contributed by atoms with E-state index < -0.39 is 5.54 Å². The maximum Gasteiger partial charge on any atom is 0.240 e. The van der Waals surface area contributed by atoms with E-state index in [4.69, 9.17) is 10.5 Å². The summed E-state index contributed by atoms with van der Waals surface area (Å²) < 4.78 is 5.12. The second-order valence-corrected chi connectivity index (χ2v) is 4.52. The van der Waals surface area contributed by atoms with E-state index in [2.05, 4.69) is 10.3 Å². The first-order valence-corrected chi connectivity index (χ1v) is 6.06. The predicted octanol–water partition coefficient (Wildman–Crippen LogP) is 1.22. The molecular weight excluding hydrogens is 230 g/mol. The van der Waals surface area contributed by atoms with Crippen LogP contribution in [0.15, 0.2) is 18.3 Å². The topological polar surface area (TPSA) is 77.2 Å². The van der Waals surface area contributed by atoms with Gasteiger partial charge in [-0.15, -0.1) is 0 Å². The molecule has 18 heavy (non-hydrogen) atoms. The highest BCUT2D eigenvalue weighted by Gasteiger charge is 2.26. The molecule has 100 valence electrons. The molecule has 0 fully saturated rings. The van der Waals surface area contributed by atoms with Crippen molar-refractivity contribution in [1.82, 2.24) is 10.3 Å². The highest BCUT2D eigenvalue weighted by atomic mass is 16.5. The number of carbonyl (C=O) groups is 1. The number of aromatic nitrogens is 1. The van der Waals surface area contributed by atoms with Crippen molar-refractivity contribution in [2.75, 3.05) is 7.11 Å². The van der Waals surface area contributed by atoms with Crippen molar-refractivity contribution in [1.29, 1.82) is 0 Å². The number of nitrogens with zero attached hydrogens (tertiary/aromatic N) is 1. The minimum Gasteiger partial charge on any atom is -0.481 e. The summed E-state index contributed by atoms with van der Waals surface area (Å²) in [6, 6.07) is 3.66. The number of ether oxygens (including phenoxy) is 1. The third kappa shape index (κ3) is 3.70. The van der Waals surface area contributed by atoms with Crippen LogP contribution in [0.3, 0.4) is 0 Å². The van der Waals surface area contributed by atoms with Gasteiger partial charge in [-0.2, -0.15) is 0 Å². The summed E-state index contributed by atoms with van der Waals surface area (Å²) in [6.07, 6.45) is 3.17. The molecule has 0 saturated heterocycles. The van der Waals surface area contributed by atoms with Crippen LogP contribution >= 0.6 is 0 Å². The molecule has 1 unspecified atom stereocenters. The van der Waals surface area contributed by atoms with Gasteiger partial charge < -0.3 is 15.8 Å². The Morgan fingerprint density at radius 2 is 2.33 bits per heavy atom. The molecule has 1 heterocycles. The highest BCUT2D eigenvalue weighted by molar-refractivity contribution is 5.85. The number of hydrogen-bond donors (Lipinski definition) is 2. The lowest BCUT2D eigenvalue weighted by Crippen LogP contribution is -2.51. The Bertz CT molecular complexity index is 405. The number of hydrogen-bond acceptors (Lipinski definition) is 4. The summed E-state index contributed by atoms with van der Waals surface area (Å²) in [6.45, 7) is 4.11. The van der Waals surface area contributed by atoms with Crippen LogP contribution in [-0.4, -0.2) is 23.5 Å². The van der Waals surface area contributed by atoms with Gasteiger partial charge in [0.15, 0.2) is 0 Å². The predicted molar refractivity (Wildman–Crippen MR) is 70.1 cm³/mol. The van der Waals surface area contributed by atoms with E-state index in [1.807, 2.05) is 13.0 Å². The normalized spacial score (nSPS) is 13.8. The molecule has 1 atom stereocenters. The van der Waals surface area contributed by atoms with Crippen molar-refractivity contribution in [3.05, 3.63) is 23.9 Å². The van der Waals surface area contributed by atoms with E-state index in [-0.39, 0.29) is 5.91 Å². The van der Waals surface area contributed by atoms with Crippen LogP contribution in [-0.2, 0) is 11.3 Å². The number of amides is 1. The van der Waals surface area contributed by atoms with Gasteiger partial charge in [-0.05, 0) is 19.4 Å². The quantitative estimate of drug-likeness (QED) is 0.797.